The van der Waals surface area contributed by atoms with Crippen LogP contribution in [0, 0.1) is 6.92 Å². The van der Waals surface area contributed by atoms with Crippen LogP contribution in [0.3, 0.4) is 0 Å². The summed E-state index contributed by atoms with van der Waals surface area (Å²) in [6.45, 7) is 2.07. The van der Waals surface area contributed by atoms with Gasteiger partial charge in [0.15, 0.2) is 5.78 Å². The van der Waals surface area contributed by atoms with Crippen molar-refractivity contribution >= 4 is 11.9 Å². The summed E-state index contributed by atoms with van der Waals surface area (Å²) in [7, 11) is 0. The van der Waals surface area contributed by atoms with Crippen LogP contribution in [0.25, 0.3) is 6.08 Å². The molecule has 0 aliphatic heterocycles. The first-order valence-corrected chi connectivity index (χ1v) is 8.21. The third kappa shape index (κ3) is 2.48. The number of carbonyl (C=O) groups is 1. The molecule has 0 fully saturated rings. The van der Waals surface area contributed by atoms with Gasteiger partial charge in [-0.05, 0) is 29.7 Å². The fraction of sp³-hybridized carbons (Fsp3) is 0.0870. The molecule has 0 aromatic heterocycles. The van der Waals surface area contributed by atoms with Crippen LogP contribution in [-0.4, -0.2) is 5.78 Å². The van der Waals surface area contributed by atoms with Gasteiger partial charge in [-0.15, -0.1) is 0 Å². The third-order valence-electron chi connectivity index (χ3n) is 4.62. The van der Waals surface area contributed by atoms with E-state index in [4.69, 9.17) is 0 Å². The highest BCUT2D eigenvalue weighted by molar-refractivity contribution is 6.17. The van der Waals surface area contributed by atoms with E-state index in [0.29, 0.717) is 0 Å². The number of hydrogen-bond acceptors (Lipinski definition) is 1. The molecule has 0 radical (unpaired) electrons. The number of benzene rings is 3. The summed E-state index contributed by atoms with van der Waals surface area (Å²) in [5.41, 5.74) is 6.23. The van der Waals surface area contributed by atoms with Gasteiger partial charge in [-0.3, -0.25) is 4.79 Å². The van der Waals surface area contributed by atoms with Crippen molar-refractivity contribution in [3.63, 3.8) is 0 Å². The highest BCUT2D eigenvalue weighted by Crippen LogP contribution is 2.42. The van der Waals surface area contributed by atoms with Crippen LogP contribution in [0.2, 0.25) is 0 Å². The Morgan fingerprint density at radius 2 is 1.46 bits per heavy atom. The molecule has 0 amide bonds. The van der Waals surface area contributed by atoms with Gasteiger partial charge < -0.3 is 0 Å². The summed E-state index contributed by atoms with van der Waals surface area (Å²) in [5.74, 6) is 0.149. The summed E-state index contributed by atoms with van der Waals surface area (Å²) >= 11 is 0. The maximum absolute atomic E-state index is 13.0. The Morgan fingerprint density at radius 3 is 2.21 bits per heavy atom. The fourth-order valence-corrected chi connectivity index (χ4v) is 3.41. The molecule has 1 atom stereocenters. The summed E-state index contributed by atoms with van der Waals surface area (Å²) < 4.78 is 0. The van der Waals surface area contributed by atoms with Crippen LogP contribution in [0.15, 0.2) is 84.4 Å². The average Bonchev–Trinajstić information content (AvgIpc) is 2.90. The van der Waals surface area contributed by atoms with E-state index in [2.05, 4.69) is 49.4 Å². The SMILES string of the molecule is Cc1ccc(/C=C2\C(=O)c3ccccc3[C@H]2c2ccccc2)cc1. The molecule has 3 aromatic carbocycles. The maximum Gasteiger partial charge on any atom is 0.190 e. The smallest absolute Gasteiger partial charge is 0.190 e. The minimum atomic E-state index is 0.0104. The Morgan fingerprint density at radius 1 is 0.792 bits per heavy atom. The second kappa shape index (κ2) is 5.93. The number of aryl methyl sites for hydroxylation is 1. The second-order valence-corrected chi connectivity index (χ2v) is 6.27. The topological polar surface area (TPSA) is 17.1 Å². The average molecular weight is 310 g/mol. The summed E-state index contributed by atoms with van der Waals surface area (Å²) in [5, 5.41) is 0. The number of hydrogen-bond donors (Lipinski definition) is 0. The number of allylic oxidation sites excluding steroid dienone is 1. The Hall–Kier alpha value is -2.93. The lowest BCUT2D eigenvalue weighted by atomic mass is 9.89. The molecule has 24 heavy (non-hydrogen) atoms. The van der Waals surface area contributed by atoms with Crippen molar-refractivity contribution < 1.29 is 4.79 Å². The number of rotatable bonds is 2. The number of ketones is 1. The van der Waals surface area contributed by atoms with Gasteiger partial charge >= 0.3 is 0 Å². The highest BCUT2D eigenvalue weighted by Gasteiger charge is 2.34. The zero-order chi connectivity index (χ0) is 16.5. The highest BCUT2D eigenvalue weighted by atomic mass is 16.1. The lowest BCUT2D eigenvalue weighted by Gasteiger charge is -2.13. The standard InChI is InChI=1S/C23H18O/c1-16-11-13-17(14-12-16)15-21-22(18-7-3-2-4-8-18)19-9-5-6-10-20(19)23(21)24/h2-15,22H,1H3/b21-15-/t22-/m1/s1. The van der Waals surface area contributed by atoms with Gasteiger partial charge in [-0.1, -0.05) is 84.4 Å². The molecule has 1 nitrogen and oxygen atoms in total. The molecule has 4 rings (SSSR count). The van der Waals surface area contributed by atoms with E-state index < -0.39 is 0 Å². The minimum absolute atomic E-state index is 0.0104. The van der Waals surface area contributed by atoms with E-state index in [1.807, 2.05) is 42.5 Å². The van der Waals surface area contributed by atoms with E-state index in [-0.39, 0.29) is 11.7 Å². The predicted molar refractivity (Wildman–Crippen MR) is 98.2 cm³/mol. The van der Waals surface area contributed by atoms with E-state index >= 15 is 0 Å². The van der Waals surface area contributed by atoms with Gasteiger partial charge in [0, 0.05) is 17.1 Å². The van der Waals surface area contributed by atoms with Crippen molar-refractivity contribution in [2.24, 2.45) is 0 Å². The molecule has 0 saturated heterocycles. The van der Waals surface area contributed by atoms with Crippen LogP contribution < -0.4 is 0 Å². The van der Waals surface area contributed by atoms with Crippen molar-refractivity contribution in [2.45, 2.75) is 12.8 Å². The Labute approximate surface area is 142 Å². The van der Waals surface area contributed by atoms with Crippen LogP contribution in [0.4, 0.5) is 0 Å². The molecule has 1 heteroatoms. The molecule has 3 aromatic rings. The maximum atomic E-state index is 13.0. The molecule has 0 bridgehead atoms. The van der Waals surface area contributed by atoms with Crippen molar-refractivity contribution in [3.8, 4) is 0 Å². The monoisotopic (exact) mass is 310 g/mol. The first-order valence-electron chi connectivity index (χ1n) is 8.21. The molecule has 0 unspecified atom stereocenters. The van der Waals surface area contributed by atoms with E-state index in [1.165, 1.54) is 5.56 Å². The molecule has 116 valence electrons. The molecule has 0 N–H and O–H groups in total. The van der Waals surface area contributed by atoms with Crippen molar-refractivity contribution in [1.29, 1.82) is 0 Å². The van der Waals surface area contributed by atoms with Gasteiger partial charge in [-0.2, -0.15) is 0 Å². The first-order chi connectivity index (χ1) is 11.7. The Kier molecular flexibility index (Phi) is 3.62. The predicted octanol–water partition coefficient (Wildman–Crippen LogP) is 5.41. The Bertz CT molecular complexity index is 918. The minimum Gasteiger partial charge on any atom is -0.289 e. The molecular weight excluding hydrogens is 292 g/mol. The number of carbonyl (C=O) groups excluding carboxylic acids is 1. The van der Waals surface area contributed by atoms with Crippen molar-refractivity contribution in [2.75, 3.05) is 0 Å². The summed E-state index contributed by atoms with van der Waals surface area (Å²) in [4.78, 5) is 13.0. The zero-order valence-electron chi connectivity index (χ0n) is 13.6. The van der Waals surface area contributed by atoms with Crippen molar-refractivity contribution in [3.05, 3.63) is 112 Å². The van der Waals surface area contributed by atoms with E-state index in [9.17, 15) is 4.79 Å². The van der Waals surface area contributed by atoms with Gasteiger partial charge in [0.2, 0.25) is 0 Å². The molecular formula is C23H18O. The zero-order valence-corrected chi connectivity index (χ0v) is 13.6. The summed E-state index contributed by atoms with van der Waals surface area (Å²) in [6, 6.07) is 26.5. The van der Waals surface area contributed by atoms with Gasteiger partial charge in [0.1, 0.15) is 0 Å². The lowest BCUT2D eigenvalue weighted by molar-refractivity contribution is 0.103. The molecule has 1 aliphatic carbocycles. The molecule has 0 saturated carbocycles. The van der Waals surface area contributed by atoms with E-state index in [1.54, 1.807) is 0 Å². The number of fused-ring (bicyclic) bond motifs is 1. The van der Waals surface area contributed by atoms with Gasteiger partial charge in [0.05, 0.1) is 0 Å². The van der Waals surface area contributed by atoms with Crippen LogP contribution in [-0.2, 0) is 0 Å². The third-order valence-corrected chi connectivity index (χ3v) is 4.62. The quantitative estimate of drug-likeness (QED) is 0.579. The lowest BCUT2D eigenvalue weighted by Crippen LogP contribution is -2.02. The van der Waals surface area contributed by atoms with Crippen LogP contribution in [0.1, 0.15) is 38.5 Å². The van der Waals surface area contributed by atoms with E-state index in [0.717, 1.165) is 27.8 Å². The molecule has 0 spiro atoms. The van der Waals surface area contributed by atoms with Gasteiger partial charge in [0.25, 0.3) is 0 Å². The van der Waals surface area contributed by atoms with Gasteiger partial charge in [-0.25, -0.2) is 0 Å². The van der Waals surface area contributed by atoms with Crippen LogP contribution in [0.5, 0.6) is 0 Å². The normalized spacial score (nSPS) is 18.0. The Balaban J connectivity index is 1.88. The largest absolute Gasteiger partial charge is 0.289 e. The molecule has 1 aliphatic rings. The number of Topliss-reactive ketones (excluding diaryl/α,β-unsaturated/α-hetero) is 1. The summed E-state index contributed by atoms with van der Waals surface area (Å²) in [6.07, 6.45) is 2.04. The first kappa shape index (κ1) is 14.6. The van der Waals surface area contributed by atoms with Crippen LogP contribution >= 0.6 is 0 Å². The van der Waals surface area contributed by atoms with Crippen molar-refractivity contribution in [1.82, 2.24) is 0 Å². The second-order valence-electron chi connectivity index (χ2n) is 6.27. The molecule has 0 heterocycles. The fourth-order valence-electron chi connectivity index (χ4n) is 3.41.